The fourth-order valence-electron chi connectivity index (χ4n) is 2.25. The van der Waals surface area contributed by atoms with E-state index < -0.39 is 47.7 Å². The summed E-state index contributed by atoms with van der Waals surface area (Å²) >= 11 is 0. The predicted molar refractivity (Wildman–Crippen MR) is 106 cm³/mol. The molecule has 14 nitrogen and oxygen atoms in total. The second-order valence-corrected chi connectivity index (χ2v) is 6.41. The van der Waals surface area contributed by atoms with Crippen LogP contribution in [0.25, 0.3) is 0 Å². The molecule has 0 heterocycles. The molecular formula is C16H30N8O6. The summed E-state index contributed by atoms with van der Waals surface area (Å²) < 4.78 is 0. The van der Waals surface area contributed by atoms with Gasteiger partial charge in [0.25, 0.3) is 0 Å². The molecule has 0 fully saturated rings. The molecular weight excluding hydrogens is 400 g/mol. The molecule has 4 amide bonds. The van der Waals surface area contributed by atoms with E-state index in [2.05, 4.69) is 20.9 Å². The van der Waals surface area contributed by atoms with Gasteiger partial charge in [-0.15, -0.1) is 0 Å². The summed E-state index contributed by atoms with van der Waals surface area (Å²) in [6.07, 6.45) is 0.0900. The van der Waals surface area contributed by atoms with Gasteiger partial charge in [0.2, 0.25) is 23.6 Å². The van der Waals surface area contributed by atoms with Crippen LogP contribution in [-0.2, 0) is 24.0 Å². The van der Waals surface area contributed by atoms with Gasteiger partial charge in [0, 0.05) is 13.0 Å². The van der Waals surface area contributed by atoms with Crippen molar-refractivity contribution in [2.24, 2.45) is 27.9 Å². The van der Waals surface area contributed by atoms with E-state index in [4.69, 9.17) is 22.9 Å². The van der Waals surface area contributed by atoms with Crippen LogP contribution in [-0.4, -0.2) is 71.9 Å². The molecule has 0 aromatic rings. The topological polar surface area (TPSA) is 258 Å². The number of nitrogens with one attached hydrogen (secondary N) is 3. The molecule has 14 heteroatoms. The summed E-state index contributed by atoms with van der Waals surface area (Å²) in [4.78, 5) is 62.1. The zero-order valence-electron chi connectivity index (χ0n) is 16.7. The van der Waals surface area contributed by atoms with Crippen LogP contribution < -0.4 is 38.9 Å². The number of hydrogen-bond acceptors (Lipinski definition) is 7. The zero-order valence-corrected chi connectivity index (χ0v) is 16.7. The lowest BCUT2D eigenvalue weighted by Crippen LogP contribution is -2.55. The monoisotopic (exact) mass is 430 g/mol. The van der Waals surface area contributed by atoms with E-state index in [1.54, 1.807) is 0 Å². The molecule has 3 atom stereocenters. The fourth-order valence-corrected chi connectivity index (χ4v) is 2.25. The van der Waals surface area contributed by atoms with Crippen molar-refractivity contribution >= 4 is 35.6 Å². The lowest BCUT2D eigenvalue weighted by atomic mass is 10.1. The third-order valence-corrected chi connectivity index (χ3v) is 3.83. The Kier molecular flexibility index (Phi) is 12.1. The molecule has 0 aliphatic heterocycles. The van der Waals surface area contributed by atoms with E-state index >= 15 is 0 Å². The first-order valence-electron chi connectivity index (χ1n) is 9.14. The van der Waals surface area contributed by atoms with Crippen molar-refractivity contribution in [3.63, 3.8) is 0 Å². The highest BCUT2D eigenvalue weighted by molar-refractivity contribution is 5.93. The van der Waals surface area contributed by atoms with Crippen molar-refractivity contribution < 1.29 is 29.1 Å². The van der Waals surface area contributed by atoms with Crippen molar-refractivity contribution in [3.05, 3.63) is 0 Å². The Bertz CT molecular complexity index is 664. The minimum atomic E-state index is -1.26. The van der Waals surface area contributed by atoms with E-state index in [1.807, 2.05) is 0 Å². The van der Waals surface area contributed by atoms with Gasteiger partial charge in [0.15, 0.2) is 5.96 Å². The smallest absolute Gasteiger partial charge is 0.326 e. The van der Waals surface area contributed by atoms with Gasteiger partial charge in [-0.25, -0.2) is 4.79 Å². The lowest BCUT2D eigenvalue weighted by molar-refractivity contribution is -0.142. The Morgan fingerprint density at radius 2 is 1.57 bits per heavy atom. The van der Waals surface area contributed by atoms with Gasteiger partial charge in [0.1, 0.15) is 18.1 Å². The molecule has 0 bridgehead atoms. The molecule has 0 spiro atoms. The van der Waals surface area contributed by atoms with E-state index in [0.717, 1.165) is 0 Å². The quantitative estimate of drug-likeness (QED) is 0.0753. The number of aliphatic imine (C=N–C) groups is 1. The van der Waals surface area contributed by atoms with Crippen LogP contribution in [0.1, 0.15) is 32.6 Å². The first kappa shape index (κ1) is 26.6. The molecule has 12 N–H and O–H groups in total. The first-order chi connectivity index (χ1) is 14.0. The van der Waals surface area contributed by atoms with Crippen molar-refractivity contribution in [2.45, 2.75) is 50.7 Å². The van der Waals surface area contributed by atoms with Gasteiger partial charge in [0.05, 0.1) is 6.54 Å². The molecule has 3 unspecified atom stereocenters. The third-order valence-electron chi connectivity index (χ3n) is 3.83. The van der Waals surface area contributed by atoms with Crippen LogP contribution >= 0.6 is 0 Å². The van der Waals surface area contributed by atoms with Crippen LogP contribution in [0.15, 0.2) is 4.99 Å². The van der Waals surface area contributed by atoms with E-state index in [9.17, 15) is 29.1 Å². The minimum absolute atomic E-state index is 0.0618. The molecule has 0 saturated heterocycles. The zero-order chi connectivity index (χ0) is 23.3. The number of carboxylic acid groups (broad SMARTS) is 1. The fraction of sp³-hybridized carbons (Fsp3) is 0.625. The average molecular weight is 430 g/mol. The van der Waals surface area contributed by atoms with Gasteiger partial charge in [-0.3, -0.25) is 24.2 Å². The van der Waals surface area contributed by atoms with Crippen molar-refractivity contribution in [1.82, 2.24) is 16.0 Å². The van der Waals surface area contributed by atoms with Gasteiger partial charge >= 0.3 is 5.97 Å². The van der Waals surface area contributed by atoms with Gasteiger partial charge < -0.3 is 44.0 Å². The van der Waals surface area contributed by atoms with Gasteiger partial charge in [-0.05, 0) is 26.2 Å². The standard InChI is InChI=1S/C16H30N8O6/c1-8(13(27)24-10(15(29)30)3-2-6-21-16(19)20)22-14(28)9(4-5-11(18)25)23-12(26)7-17/h8-10H,2-7,17H2,1H3,(H2,18,25)(H,22,28)(H,23,26)(H,24,27)(H,29,30)(H4,19,20,21). The summed E-state index contributed by atoms with van der Waals surface area (Å²) in [7, 11) is 0. The van der Waals surface area contributed by atoms with Crippen LogP contribution in [0.5, 0.6) is 0 Å². The van der Waals surface area contributed by atoms with Gasteiger partial charge in [-0.2, -0.15) is 0 Å². The Morgan fingerprint density at radius 1 is 0.933 bits per heavy atom. The summed E-state index contributed by atoms with van der Waals surface area (Å²) in [5, 5.41) is 16.2. The second kappa shape index (κ2) is 13.7. The molecule has 0 aromatic carbocycles. The number of nitrogens with zero attached hydrogens (tertiary/aromatic N) is 1. The number of nitrogens with two attached hydrogens (primary N) is 4. The van der Waals surface area contributed by atoms with Crippen molar-refractivity contribution in [3.8, 4) is 0 Å². The highest BCUT2D eigenvalue weighted by Crippen LogP contribution is 2.01. The Morgan fingerprint density at radius 3 is 2.07 bits per heavy atom. The maximum Gasteiger partial charge on any atom is 0.326 e. The van der Waals surface area contributed by atoms with Crippen LogP contribution in [0.4, 0.5) is 0 Å². The Labute approximate surface area is 173 Å². The predicted octanol–water partition coefficient (Wildman–Crippen LogP) is -4.18. The summed E-state index contributed by atoms with van der Waals surface area (Å²) in [6, 6.07) is -3.48. The second-order valence-electron chi connectivity index (χ2n) is 6.41. The third kappa shape index (κ3) is 11.4. The number of amides is 4. The van der Waals surface area contributed by atoms with E-state index in [1.165, 1.54) is 6.92 Å². The highest BCUT2D eigenvalue weighted by atomic mass is 16.4. The van der Waals surface area contributed by atoms with Crippen molar-refractivity contribution in [1.29, 1.82) is 0 Å². The molecule has 0 aliphatic rings. The minimum Gasteiger partial charge on any atom is -0.480 e. The summed E-state index contributed by atoms with van der Waals surface area (Å²) in [5.41, 5.74) is 20.6. The van der Waals surface area contributed by atoms with E-state index in [-0.39, 0.29) is 38.3 Å². The van der Waals surface area contributed by atoms with Gasteiger partial charge in [-0.1, -0.05) is 0 Å². The molecule has 0 rings (SSSR count). The normalized spacial score (nSPS) is 13.3. The number of guanidine groups is 1. The number of carbonyl (C=O) groups is 5. The highest BCUT2D eigenvalue weighted by Gasteiger charge is 2.27. The molecule has 30 heavy (non-hydrogen) atoms. The number of carbonyl (C=O) groups excluding carboxylic acids is 4. The number of carboxylic acids is 1. The Balaban J connectivity index is 4.87. The average Bonchev–Trinajstić information content (AvgIpc) is 2.66. The Hall–Kier alpha value is -3.42. The largest absolute Gasteiger partial charge is 0.480 e. The number of primary amides is 1. The molecule has 0 aliphatic carbocycles. The van der Waals surface area contributed by atoms with Crippen LogP contribution in [0.2, 0.25) is 0 Å². The molecule has 170 valence electrons. The summed E-state index contributed by atoms with van der Waals surface area (Å²) in [6.45, 7) is 1.15. The van der Waals surface area contributed by atoms with E-state index in [0.29, 0.717) is 6.42 Å². The first-order valence-corrected chi connectivity index (χ1v) is 9.14. The molecule has 0 radical (unpaired) electrons. The SMILES string of the molecule is CC(NC(=O)C(CCC(N)=O)NC(=O)CN)C(=O)NC(CCCN=C(N)N)C(=O)O. The molecule has 0 aromatic heterocycles. The summed E-state index contributed by atoms with van der Waals surface area (Å²) in [5.74, 6) is -4.21. The van der Waals surface area contributed by atoms with Crippen LogP contribution in [0.3, 0.4) is 0 Å². The number of aliphatic carboxylic acids is 1. The number of hydrogen-bond donors (Lipinski definition) is 8. The maximum absolute atomic E-state index is 12.4. The van der Waals surface area contributed by atoms with Crippen LogP contribution in [0, 0.1) is 0 Å². The van der Waals surface area contributed by atoms with Crippen molar-refractivity contribution in [2.75, 3.05) is 13.1 Å². The maximum atomic E-state index is 12.4. The lowest BCUT2D eigenvalue weighted by Gasteiger charge is -2.22. The number of rotatable bonds is 14. The molecule has 0 saturated carbocycles.